The largest absolute Gasteiger partial charge is 0.339 e. The molecule has 0 spiro atoms. The van der Waals surface area contributed by atoms with Gasteiger partial charge in [-0.1, -0.05) is 44.2 Å². The van der Waals surface area contributed by atoms with Crippen molar-refractivity contribution < 1.29 is 9.59 Å². The van der Waals surface area contributed by atoms with Gasteiger partial charge < -0.3 is 9.80 Å². The molecule has 2 aliphatic rings. The molecule has 2 aliphatic heterocycles. The van der Waals surface area contributed by atoms with Gasteiger partial charge >= 0.3 is 0 Å². The fraction of sp³-hybridized carbons (Fsp3) is 0.500. The van der Waals surface area contributed by atoms with E-state index in [-0.39, 0.29) is 29.8 Å². The molecule has 30 heavy (non-hydrogen) atoms. The van der Waals surface area contributed by atoms with Crippen LogP contribution in [-0.4, -0.2) is 65.3 Å². The van der Waals surface area contributed by atoms with Gasteiger partial charge in [0.25, 0.3) is 0 Å². The average Bonchev–Trinajstić information content (AvgIpc) is 3.26. The number of amides is 2. The molecule has 1 aromatic carbocycles. The summed E-state index contributed by atoms with van der Waals surface area (Å²) in [4.78, 5) is 33.3. The number of nitrogens with zero attached hydrogens (tertiary/aromatic N) is 3. The van der Waals surface area contributed by atoms with Crippen LogP contribution in [0, 0.1) is 5.92 Å². The highest BCUT2D eigenvalue weighted by molar-refractivity contribution is 7.10. The van der Waals surface area contributed by atoms with Crippen molar-refractivity contribution in [3.8, 4) is 0 Å². The molecule has 2 unspecified atom stereocenters. The number of hydrogen-bond donors (Lipinski definition) is 0. The number of carbonyl (C=O) groups excluding carboxylic acids is 2. The van der Waals surface area contributed by atoms with Gasteiger partial charge in [0.15, 0.2) is 0 Å². The molecule has 1 saturated heterocycles. The Labute approximate surface area is 183 Å². The molecule has 2 atom stereocenters. The molecule has 0 N–H and O–H groups in total. The van der Waals surface area contributed by atoms with E-state index in [1.165, 1.54) is 16.0 Å². The Bertz CT molecular complexity index is 887. The minimum Gasteiger partial charge on any atom is -0.339 e. The molecule has 160 valence electrons. The summed E-state index contributed by atoms with van der Waals surface area (Å²) in [6, 6.07) is 12.7. The van der Waals surface area contributed by atoms with Gasteiger partial charge in [0.05, 0.1) is 12.1 Å². The van der Waals surface area contributed by atoms with E-state index in [4.69, 9.17) is 0 Å². The quantitative estimate of drug-likeness (QED) is 0.754. The zero-order chi connectivity index (χ0) is 21.3. The second kappa shape index (κ2) is 8.90. The van der Waals surface area contributed by atoms with Gasteiger partial charge in [-0.15, -0.1) is 11.3 Å². The zero-order valence-corrected chi connectivity index (χ0v) is 18.9. The van der Waals surface area contributed by atoms with Gasteiger partial charge in [-0.2, -0.15) is 0 Å². The number of fused-ring (bicyclic) bond motifs is 1. The lowest BCUT2D eigenvalue weighted by Gasteiger charge is -2.42. The van der Waals surface area contributed by atoms with Crippen LogP contribution in [0.3, 0.4) is 0 Å². The maximum Gasteiger partial charge on any atom is 0.239 e. The maximum atomic E-state index is 13.4. The summed E-state index contributed by atoms with van der Waals surface area (Å²) in [5, 5.41) is 2.17. The van der Waals surface area contributed by atoms with Crippen molar-refractivity contribution in [1.29, 1.82) is 0 Å². The second-order valence-electron chi connectivity index (χ2n) is 8.58. The highest BCUT2D eigenvalue weighted by atomic mass is 32.1. The summed E-state index contributed by atoms with van der Waals surface area (Å²) in [5.74, 6) is 0.359. The minimum atomic E-state index is -0.199. The predicted octanol–water partition coefficient (Wildman–Crippen LogP) is 3.41. The van der Waals surface area contributed by atoms with E-state index < -0.39 is 0 Å². The fourth-order valence-electron chi connectivity index (χ4n) is 4.68. The van der Waals surface area contributed by atoms with Crippen LogP contribution in [0.15, 0.2) is 41.8 Å². The first-order valence-corrected chi connectivity index (χ1v) is 11.8. The van der Waals surface area contributed by atoms with Crippen LogP contribution in [0.25, 0.3) is 0 Å². The van der Waals surface area contributed by atoms with E-state index >= 15 is 0 Å². The molecule has 1 fully saturated rings. The first-order chi connectivity index (χ1) is 14.5. The smallest absolute Gasteiger partial charge is 0.239 e. The highest BCUT2D eigenvalue weighted by Crippen LogP contribution is 2.39. The zero-order valence-electron chi connectivity index (χ0n) is 18.1. The van der Waals surface area contributed by atoms with Gasteiger partial charge in [0.1, 0.15) is 0 Å². The van der Waals surface area contributed by atoms with Crippen molar-refractivity contribution in [3.63, 3.8) is 0 Å². The summed E-state index contributed by atoms with van der Waals surface area (Å²) in [5.41, 5.74) is 2.58. The van der Waals surface area contributed by atoms with E-state index in [1.54, 1.807) is 0 Å². The lowest BCUT2D eigenvalue weighted by Crippen LogP contribution is -2.56. The first kappa shape index (κ1) is 21.1. The van der Waals surface area contributed by atoms with Crippen molar-refractivity contribution in [3.05, 3.63) is 57.8 Å². The van der Waals surface area contributed by atoms with Gasteiger partial charge in [0, 0.05) is 43.5 Å². The Balaban J connectivity index is 1.50. The van der Waals surface area contributed by atoms with Crippen molar-refractivity contribution in [2.45, 2.75) is 39.3 Å². The number of carbonyl (C=O) groups is 2. The van der Waals surface area contributed by atoms with E-state index in [0.29, 0.717) is 26.2 Å². The Kier molecular flexibility index (Phi) is 6.25. The third kappa shape index (κ3) is 4.03. The highest BCUT2D eigenvalue weighted by Gasteiger charge is 2.37. The van der Waals surface area contributed by atoms with Crippen molar-refractivity contribution in [1.82, 2.24) is 14.7 Å². The molecule has 0 aliphatic carbocycles. The Hall–Kier alpha value is -2.18. The number of thiophene rings is 1. The fourth-order valence-corrected chi connectivity index (χ4v) is 5.58. The van der Waals surface area contributed by atoms with Crippen molar-refractivity contribution in [2.75, 3.05) is 32.7 Å². The molecule has 0 bridgehead atoms. The Morgan fingerprint density at radius 2 is 1.53 bits per heavy atom. The van der Waals surface area contributed by atoms with Gasteiger partial charge in [-0.25, -0.2) is 0 Å². The van der Waals surface area contributed by atoms with Crippen LogP contribution in [0.5, 0.6) is 0 Å². The molecule has 6 heteroatoms. The monoisotopic (exact) mass is 425 g/mol. The normalized spacial score (nSPS) is 20.9. The van der Waals surface area contributed by atoms with E-state index in [0.717, 1.165) is 13.0 Å². The third-order valence-electron chi connectivity index (χ3n) is 6.37. The van der Waals surface area contributed by atoms with Crippen LogP contribution in [0.4, 0.5) is 0 Å². The van der Waals surface area contributed by atoms with Crippen molar-refractivity contribution in [2.24, 2.45) is 5.92 Å². The molecule has 3 heterocycles. The summed E-state index contributed by atoms with van der Waals surface area (Å²) in [6.07, 6.45) is 0.991. The van der Waals surface area contributed by atoms with E-state index in [9.17, 15) is 9.59 Å². The van der Waals surface area contributed by atoms with Crippen LogP contribution in [0.1, 0.15) is 42.8 Å². The third-order valence-corrected chi connectivity index (χ3v) is 7.37. The maximum absolute atomic E-state index is 13.4. The summed E-state index contributed by atoms with van der Waals surface area (Å²) in [7, 11) is 0. The summed E-state index contributed by atoms with van der Waals surface area (Å²) >= 11 is 1.82. The number of rotatable bonds is 4. The molecule has 2 aromatic rings. The first-order valence-electron chi connectivity index (χ1n) is 10.9. The molecule has 1 aromatic heterocycles. The van der Waals surface area contributed by atoms with Gasteiger partial charge in [-0.05, 0) is 35.9 Å². The van der Waals surface area contributed by atoms with Gasteiger partial charge in [-0.3, -0.25) is 14.5 Å². The Morgan fingerprint density at radius 1 is 0.900 bits per heavy atom. The van der Waals surface area contributed by atoms with Crippen LogP contribution in [-0.2, 0) is 16.0 Å². The molecule has 5 nitrogen and oxygen atoms in total. The van der Waals surface area contributed by atoms with Crippen LogP contribution in [0.2, 0.25) is 0 Å². The lowest BCUT2D eigenvalue weighted by atomic mass is 9.92. The Morgan fingerprint density at radius 3 is 2.17 bits per heavy atom. The molecule has 2 amide bonds. The van der Waals surface area contributed by atoms with Crippen LogP contribution < -0.4 is 0 Å². The van der Waals surface area contributed by atoms with Gasteiger partial charge in [0.2, 0.25) is 11.8 Å². The standard InChI is InChI=1S/C24H31N3O2S/c1-17(2)23(28)25-12-14-26(15-13-25)24(29)18(3)27-11-9-21-20(10-16-30-21)22(27)19-7-5-4-6-8-19/h4-8,10,16-18,22H,9,11-15H2,1-3H3. The molecule has 0 radical (unpaired) electrons. The molecule has 0 saturated carbocycles. The lowest BCUT2D eigenvalue weighted by molar-refractivity contribution is -0.144. The number of hydrogen-bond acceptors (Lipinski definition) is 4. The predicted molar refractivity (Wildman–Crippen MR) is 120 cm³/mol. The number of piperazine rings is 1. The second-order valence-corrected chi connectivity index (χ2v) is 9.58. The summed E-state index contributed by atoms with van der Waals surface area (Å²) < 4.78 is 0. The van der Waals surface area contributed by atoms with E-state index in [2.05, 4.69) is 40.6 Å². The minimum absolute atomic E-state index is 0.00552. The summed E-state index contributed by atoms with van der Waals surface area (Å²) in [6.45, 7) is 9.29. The van der Waals surface area contributed by atoms with Crippen LogP contribution >= 0.6 is 11.3 Å². The molecular weight excluding hydrogens is 394 g/mol. The SMILES string of the molecule is CC(C)C(=O)N1CCN(C(=O)C(C)N2CCc3sccc3C2c2ccccc2)CC1. The topological polar surface area (TPSA) is 43.9 Å². The number of benzene rings is 1. The van der Waals surface area contributed by atoms with E-state index in [1.807, 2.05) is 48.0 Å². The molecule has 4 rings (SSSR count). The van der Waals surface area contributed by atoms with Crippen molar-refractivity contribution >= 4 is 23.2 Å². The average molecular weight is 426 g/mol. The molecular formula is C24H31N3O2S.